The van der Waals surface area contributed by atoms with Gasteiger partial charge in [0.1, 0.15) is 6.04 Å². The molecule has 1 aliphatic heterocycles. The van der Waals surface area contributed by atoms with E-state index in [0.717, 1.165) is 43.4 Å². The molecule has 1 saturated heterocycles. The summed E-state index contributed by atoms with van der Waals surface area (Å²) in [5.74, 6) is -0.00776. The number of unbranched alkanes of at least 4 members (excludes halogenated alkanes) is 1. The summed E-state index contributed by atoms with van der Waals surface area (Å²) >= 11 is 0. The Morgan fingerprint density at radius 3 is 2.88 bits per heavy atom. The molecular formula is C11H22N3O2+. The molecule has 0 radical (unpaired) electrons. The molecule has 1 heterocycles. The minimum absolute atomic E-state index is 0.00776. The Kier molecular flexibility index (Phi) is 5.59. The molecule has 92 valence electrons. The number of amides is 1. The normalized spacial score (nSPS) is 26.6. The molecule has 3 atom stereocenters. The van der Waals surface area contributed by atoms with Crippen LogP contribution >= 0.6 is 0 Å². The van der Waals surface area contributed by atoms with Crippen LogP contribution in [0.1, 0.15) is 32.1 Å². The van der Waals surface area contributed by atoms with Crippen LogP contribution in [-0.2, 0) is 9.59 Å². The molecule has 5 heteroatoms. The minimum Gasteiger partial charge on any atom is -0.330 e. The maximum absolute atomic E-state index is 12.0. The molecule has 5 nitrogen and oxygen atoms in total. The SMILES string of the molecule is NCCCC[C@H](N)C(=O)[NH+]1CCC[C@H]1C=O. The number of likely N-dealkylation sites (tertiary alicyclic amines) is 1. The van der Waals surface area contributed by atoms with Crippen molar-refractivity contribution in [3.63, 3.8) is 0 Å². The molecule has 0 aromatic heterocycles. The molecule has 0 aliphatic carbocycles. The van der Waals surface area contributed by atoms with Crippen molar-refractivity contribution in [3.8, 4) is 0 Å². The van der Waals surface area contributed by atoms with Gasteiger partial charge in [0.25, 0.3) is 0 Å². The van der Waals surface area contributed by atoms with Gasteiger partial charge in [0.15, 0.2) is 12.3 Å². The number of aldehydes is 1. The molecule has 1 aliphatic rings. The summed E-state index contributed by atoms with van der Waals surface area (Å²) < 4.78 is 0. The van der Waals surface area contributed by atoms with E-state index in [-0.39, 0.29) is 11.9 Å². The summed E-state index contributed by atoms with van der Waals surface area (Å²) in [7, 11) is 0. The van der Waals surface area contributed by atoms with E-state index in [1.54, 1.807) is 0 Å². The maximum Gasteiger partial charge on any atom is 0.329 e. The fraction of sp³-hybridized carbons (Fsp3) is 0.818. The summed E-state index contributed by atoms with van der Waals surface area (Å²) in [6.07, 6.45) is 5.06. The van der Waals surface area contributed by atoms with Crippen LogP contribution in [0.2, 0.25) is 0 Å². The van der Waals surface area contributed by atoms with Gasteiger partial charge in [-0.1, -0.05) is 0 Å². The van der Waals surface area contributed by atoms with Gasteiger partial charge in [-0.15, -0.1) is 0 Å². The summed E-state index contributed by atoms with van der Waals surface area (Å²) in [4.78, 5) is 23.5. The third-order valence-corrected chi connectivity index (χ3v) is 3.20. The summed E-state index contributed by atoms with van der Waals surface area (Å²) in [5, 5.41) is 0. The molecular weight excluding hydrogens is 206 g/mol. The lowest BCUT2D eigenvalue weighted by molar-refractivity contribution is -0.823. The van der Waals surface area contributed by atoms with E-state index in [1.165, 1.54) is 0 Å². The molecule has 5 N–H and O–H groups in total. The van der Waals surface area contributed by atoms with E-state index in [2.05, 4.69) is 0 Å². The Morgan fingerprint density at radius 1 is 1.50 bits per heavy atom. The van der Waals surface area contributed by atoms with Crippen molar-refractivity contribution in [2.45, 2.75) is 44.2 Å². The molecule has 0 aromatic carbocycles. The zero-order valence-corrected chi connectivity index (χ0v) is 9.65. The lowest BCUT2D eigenvalue weighted by atomic mass is 10.1. The van der Waals surface area contributed by atoms with Crippen LogP contribution < -0.4 is 16.4 Å². The molecule has 1 rings (SSSR count). The van der Waals surface area contributed by atoms with E-state index in [1.807, 2.05) is 0 Å². The standard InChI is InChI=1S/C11H21N3O2/c12-6-2-1-5-10(13)11(16)14-7-3-4-9(14)8-15/h8-10H,1-7,12-13H2/p+1/t9-,10-/m0/s1. The number of hydrogen-bond acceptors (Lipinski definition) is 4. The molecule has 1 amide bonds. The second-order valence-corrected chi connectivity index (χ2v) is 4.42. The van der Waals surface area contributed by atoms with Crippen molar-refractivity contribution in [2.75, 3.05) is 13.1 Å². The minimum atomic E-state index is -0.443. The monoisotopic (exact) mass is 228 g/mol. The molecule has 0 saturated carbocycles. The molecule has 1 unspecified atom stereocenters. The van der Waals surface area contributed by atoms with Crippen LogP contribution in [0.4, 0.5) is 0 Å². The highest BCUT2D eigenvalue weighted by molar-refractivity contribution is 5.75. The van der Waals surface area contributed by atoms with Gasteiger partial charge in [-0.25, -0.2) is 4.79 Å². The fourth-order valence-electron chi connectivity index (χ4n) is 2.21. The predicted octanol–water partition coefficient (Wildman–Crippen LogP) is -1.78. The van der Waals surface area contributed by atoms with Crippen LogP contribution in [0, 0.1) is 0 Å². The Balaban J connectivity index is 2.40. The summed E-state index contributed by atoms with van der Waals surface area (Å²) in [6.45, 7) is 1.38. The van der Waals surface area contributed by atoms with E-state index in [4.69, 9.17) is 11.5 Å². The topological polar surface area (TPSA) is 90.6 Å². The average molecular weight is 228 g/mol. The Labute approximate surface area is 96.1 Å². The number of hydrogen-bond donors (Lipinski definition) is 3. The van der Waals surface area contributed by atoms with E-state index >= 15 is 0 Å². The van der Waals surface area contributed by atoms with Crippen LogP contribution in [0.3, 0.4) is 0 Å². The summed E-state index contributed by atoms with van der Waals surface area (Å²) in [5.41, 5.74) is 11.2. The first-order chi connectivity index (χ1) is 7.70. The third kappa shape index (κ3) is 3.37. The van der Waals surface area contributed by atoms with Gasteiger partial charge in [0.05, 0.1) is 6.54 Å². The van der Waals surface area contributed by atoms with Crippen molar-refractivity contribution < 1.29 is 14.5 Å². The van der Waals surface area contributed by atoms with Gasteiger partial charge in [-0.2, -0.15) is 0 Å². The van der Waals surface area contributed by atoms with Crippen molar-refractivity contribution in [2.24, 2.45) is 11.5 Å². The highest BCUT2D eigenvalue weighted by Crippen LogP contribution is 2.01. The third-order valence-electron chi connectivity index (χ3n) is 3.20. The van der Waals surface area contributed by atoms with E-state index < -0.39 is 6.04 Å². The highest BCUT2D eigenvalue weighted by Gasteiger charge is 2.36. The van der Waals surface area contributed by atoms with Crippen LogP contribution in [0.5, 0.6) is 0 Å². The number of carbonyl (C=O) groups is 2. The quantitative estimate of drug-likeness (QED) is 0.370. The van der Waals surface area contributed by atoms with Gasteiger partial charge in [-0.05, 0) is 25.8 Å². The van der Waals surface area contributed by atoms with Crippen LogP contribution in [0.15, 0.2) is 0 Å². The zero-order chi connectivity index (χ0) is 12.0. The predicted molar refractivity (Wildman–Crippen MR) is 60.8 cm³/mol. The number of quaternary nitrogens is 1. The lowest BCUT2D eigenvalue weighted by Crippen LogP contribution is -3.18. The number of nitrogens with one attached hydrogen (secondary N) is 1. The van der Waals surface area contributed by atoms with Crippen molar-refractivity contribution in [1.29, 1.82) is 0 Å². The van der Waals surface area contributed by atoms with Gasteiger partial charge in [0, 0.05) is 12.8 Å². The molecule has 1 fully saturated rings. The number of nitrogens with two attached hydrogens (primary N) is 2. The zero-order valence-electron chi connectivity index (χ0n) is 9.65. The second kappa shape index (κ2) is 6.73. The number of rotatable bonds is 6. The first kappa shape index (κ1) is 13.3. The molecule has 0 bridgehead atoms. The lowest BCUT2D eigenvalue weighted by Gasteiger charge is -2.18. The van der Waals surface area contributed by atoms with Gasteiger partial charge in [-0.3, -0.25) is 9.69 Å². The first-order valence-electron chi connectivity index (χ1n) is 6.01. The van der Waals surface area contributed by atoms with Crippen molar-refractivity contribution >= 4 is 12.2 Å². The smallest absolute Gasteiger partial charge is 0.329 e. The maximum atomic E-state index is 12.0. The first-order valence-corrected chi connectivity index (χ1v) is 6.01. The number of carbonyl (C=O) groups excluding carboxylic acids is 2. The van der Waals surface area contributed by atoms with Crippen molar-refractivity contribution in [3.05, 3.63) is 0 Å². The highest BCUT2D eigenvalue weighted by atomic mass is 16.2. The van der Waals surface area contributed by atoms with Gasteiger partial charge >= 0.3 is 5.91 Å². The molecule has 0 aromatic rings. The summed E-state index contributed by atoms with van der Waals surface area (Å²) in [6, 6.07) is -0.616. The molecule has 0 spiro atoms. The second-order valence-electron chi connectivity index (χ2n) is 4.42. The molecule has 16 heavy (non-hydrogen) atoms. The van der Waals surface area contributed by atoms with E-state index in [0.29, 0.717) is 13.0 Å². The van der Waals surface area contributed by atoms with Crippen molar-refractivity contribution in [1.82, 2.24) is 0 Å². The Bertz CT molecular complexity index is 245. The van der Waals surface area contributed by atoms with Crippen LogP contribution in [0.25, 0.3) is 0 Å². The Morgan fingerprint density at radius 2 is 2.25 bits per heavy atom. The Hall–Kier alpha value is -0.780. The van der Waals surface area contributed by atoms with Gasteiger partial charge in [0.2, 0.25) is 0 Å². The van der Waals surface area contributed by atoms with E-state index in [9.17, 15) is 9.59 Å². The van der Waals surface area contributed by atoms with Gasteiger partial charge < -0.3 is 11.5 Å². The fourth-order valence-corrected chi connectivity index (χ4v) is 2.21. The largest absolute Gasteiger partial charge is 0.330 e. The van der Waals surface area contributed by atoms with Crippen LogP contribution in [-0.4, -0.2) is 37.4 Å². The average Bonchev–Trinajstić information content (AvgIpc) is 2.76.